The van der Waals surface area contributed by atoms with Gasteiger partial charge in [0.1, 0.15) is 0 Å². The third-order valence-corrected chi connectivity index (χ3v) is 5.88. The van der Waals surface area contributed by atoms with Gasteiger partial charge in [-0.05, 0) is 56.2 Å². The van der Waals surface area contributed by atoms with Gasteiger partial charge < -0.3 is 14.4 Å². The topological polar surface area (TPSA) is 38.8 Å². The molecule has 0 aromatic heterocycles. The standard InChI is InChI=1S/C23H28ClNO3/c1-4-28-22-20(24)14-18(15-21(22)27-3)23(26)25(2)19-12-10-17(11-13-19)16-8-6-5-7-9-16/h5-9,14-15,17,19H,4,10-13H2,1-3H3. The minimum atomic E-state index is -0.0357. The van der Waals surface area contributed by atoms with E-state index in [1.54, 1.807) is 19.2 Å². The fraction of sp³-hybridized carbons (Fsp3) is 0.435. The summed E-state index contributed by atoms with van der Waals surface area (Å²) in [5.74, 6) is 1.51. The molecular weight excluding hydrogens is 374 g/mol. The van der Waals surface area contributed by atoms with Crippen molar-refractivity contribution in [1.29, 1.82) is 0 Å². The molecule has 0 heterocycles. The maximum absolute atomic E-state index is 13.1. The summed E-state index contributed by atoms with van der Waals surface area (Å²) in [4.78, 5) is 14.9. The van der Waals surface area contributed by atoms with Crippen molar-refractivity contribution >= 4 is 17.5 Å². The van der Waals surface area contributed by atoms with Gasteiger partial charge in [-0.25, -0.2) is 0 Å². The molecule has 0 unspecified atom stereocenters. The van der Waals surface area contributed by atoms with Crippen LogP contribution in [0, 0.1) is 0 Å². The summed E-state index contributed by atoms with van der Waals surface area (Å²) in [5.41, 5.74) is 1.93. The average Bonchev–Trinajstić information content (AvgIpc) is 2.74. The smallest absolute Gasteiger partial charge is 0.254 e. The van der Waals surface area contributed by atoms with Crippen LogP contribution in [0.2, 0.25) is 5.02 Å². The summed E-state index contributed by atoms with van der Waals surface area (Å²) in [5, 5.41) is 0.394. The quantitative estimate of drug-likeness (QED) is 0.637. The van der Waals surface area contributed by atoms with Crippen molar-refractivity contribution < 1.29 is 14.3 Å². The molecule has 5 heteroatoms. The van der Waals surface area contributed by atoms with Crippen LogP contribution in [0.4, 0.5) is 0 Å². The number of methoxy groups -OCH3 is 1. The molecule has 1 aliphatic carbocycles. The number of carbonyl (C=O) groups is 1. The van der Waals surface area contributed by atoms with Crippen LogP contribution < -0.4 is 9.47 Å². The van der Waals surface area contributed by atoms with E-state index in [0.29, 0.717) is 34.6 Å². The lowest BCUT2D eigenvalue weighted by atomic mass is 9.81. The maximum atomic E-state index is 13.1. The van der Waals surface area contributed by atoms with Crippen molar-refractivity contribution in [3.05, 3.63) is 58.6 Å². The highest BCUT2D eigenvalue weighted by molar-refractivity contribution is 6.32. The Labute approximate surface area is 172 Å². The molecule has 0 N–H and O–H groups in total. The lowest BCUT2D eigenvalue weighted by molar-refractivity contribution is 0.0689. The van der Waals surface area contributed by atoms with Crippen molar-refractivity contribution in [2.24, 2.45) is 0 Å². The minimum Gasteiger partial charge on any atom is -0.493 e. The van der Waals surface area contributed by atoms with Crippen molar-refractivity contribution in [1.82, 2.24) is 4.90 Å². The SMILES string of the molecule is CCOc1c(Cl)cc(C(=O)N(C)C2CCC(c3ccccc3)CC2)cc1OC. The lowest BCUT2D eigenvalue weighted by Gasteiger charge is -2.35. The average molecular weight is 402 g/mol. The first-order valence-corrected chi connectivity index (χ1v) is 10.2. The largest absolute Gasteiger partial charge is 0.493 e. The molecule has 0 spiro atoms. The number of ether oxygens (including phenoxy) is 2. The number of hydrogen-bond donors (Lipinski definition) is 0. The van der Waals surface area contributed by atoms with Crippen molar-refractivity contribution in [2.75, 3.05) is 20.8 Å². The van der Waals surface area contributed by atoms with Crippen LogP contribution in [-0.4, -0.2) is 37.6 Å². The fourth-order valence-electron chi connectivity index (χ4n) is 4.02. The molecule has 0 bridgehead atoms. The zero-order chi connectivity index (χ0) is 20.1. The number of rotatable bonds is 6. The van der Waals surface area contributed by atoms with E-state index < -0.39 is 0 Å². The number of nitrogens with zero attached hydrogens (tertiary/aromatic N) is 1. The number of carbonyl (C=O) groups excluding carboxylic acids is 1. The monoisotopic (exact) mass is 401 g/mol. The van der Waals surface area contributed by atoms with Gasteiger partial charge in [0.2, 0.25) is 0 Å². The first-order chi connectivity index (χ1) is 13.5. The highest BCUT2D eigenvalue weighted by atomic mass is 35.5. The Kier molecular flexibility index (Phi) is 6.84. The van der Waals surface area contributed by atoms with E-state index in [1.165, 1.54) is 5.56 Å². The first kappa shape index (κ1) is 20.5. The molecule has 2 aromatic carbocycles. The zero-order valence-electron chi connectivity index (χ0n) is 16.8. The van der Waals surface area contributed by atoms with Gasteiger partial charge in [-0.1, -0.05) is 41.9 Å². The van der Waals surface area contributed by atoms with Crippen molar-refractivity contribution in [3.63, 3.8) is 0 Å². The number of halogens is 1. The van der Waals surface area contributed by atoms with E-state index in [9.17, 15) is 4.79 Å². The second-order valence-electron chi connectivity index (χ2n) is 7.25. The van der Waals surface area contributed by atoms with Crippen molar-refractivity contribution in [3.8, 4) is 11.5 Å². The van der Waals surface area contributed by atoms with E-state index in [0.717, 1.165) is 25.7 Å². The Morgan fingerprint density at radius 3 is 2.43 bits per heavy atom. The van der Waals surface area contributed by atoms with Gasteiger partial charge in [-0.3, -0.25) is 4.79 Å². The Bertz CT molecular complexity index is 801. The molecule has 28 heavy (non-hydrogen) atoms. The van der Waals surface area contributed by atoms with E-state index in [-0.39, 0.29) is 11.9 Å². The molecule has 0 atom stereocenters. The highest BCUT2D eigenvalue weighted by Gasteiger charge is 2.28. The van der Waals surface area contributed by atoms with Crippen LogP contribution in [-0.2, 0) is 0 Å². The van der Waals surface area contributed by atoms with Crippen molar-refractivity contribution in [2.45, 2.75) is 44.6 Å². The third-order valence-electron chi connectivity index (χ3n) is 5.60. The van der Waals surface area contributed by atoms with Crippen LogP contribution in [0.15, 0.2) is 42.5 Å². The summed E-state index contributed by atoms with van der Waals surface area (Å²) >= 11 is 6.34. The number of hydrogen-bond acceptors (Lipinski definition) is 3. The second kappa shape index (κ2) is 9.33. The predicted octanol–water partition coefficient (Wildman–Crippen LogP) is 5.55. The van der Waals surface area contributed by atoms with Crippen LogP contribution in [0.3, 0.4) is 0 Å². The second-order valence-corrected chi connectivity index (χ2v) is 7.66. The molecule has 1 saturated carbocycles. The summed E-state index contributed by atoms with van der Waals surface area (Å²) in [6, 6.07) is 14.3. The number of amides is 1. The van der Waals surface area contributed by atoms with E-state index in [4.69, 9.17) is 21.1 Å². The molecule has 0 aliphatic heterocycles. The molecule has 1 fully saturated rings. The lowest BCUT2D eigenvalue weighted by Crippen LogP contribution is -2.39. The van der Waals surface area contributed by atoms with Gasteiger partial charge in [0.15, 0.2) is 11.5 Å². The molecule has 2 aromatic rings. The fourth-order valence-corrected chi connectivity index (χ4v) is 4.28. The van der Waals surface area contributed by atoms with Crippen LogP contribution in [0.25, 0.3) is 0 Å². The van der Waals surface area contributed by atoms with E-state index in [1.807, 2.05) is 18.9 Å². The molecule has 0 radical (unpaired) electrons. The Morgan fingerprint density at radius 1 is 1.14 bits per heavy atom. The van der Waals surface area contributed by atoms with Gasteiger partial charge in [-0.15, -0.1) is 0 Å². The van der Waals surface area contributed by atoms with Gasteiger partial charge in [0.05, 0.1) is 18.7 Å². The molecule has 1 aliphatic rings. The minimum absolute atomic E-state index is 0.0357. The van der Waals surface area contributed by atoms with E-state index >= 15 is 0 Å². The van der Waals surface area contributed by atoms with Gasteiger partial charge in [-0.2, -0.15) is 0 Å². The third kappa shape index (κ3) is 4.44. The number of benzene rings is 2. The molecule has 4 nitrogen and oxygen atoms in total. The van der Waals surface area contributed by atoms with Crippen LogP contribution in [0.5, 0.6) is 11.5 Å². The Morgan fingerprint density at radius 2 is 1.82 bits per heavy atom. The summed E-state index contributed by atoms with van der Waals surface area (Å²) < 4.78 is 10.9. The summed E-state index contributed by atoms with van der Waals surface area (Å²) in [6.07, 6.45) is 4.20. The predicted molar refractivity (Wildman–Crippen MR) is 113 cm³/mol. The highest BCUT2D eigenvalue weighted by Crippen LogP contribution is 2.38. The Balaban J connectivity index is 1.69. The molecule has 3 rings (SSSR count). The zero-order valence-corrected chi connectivity index (χ0v) is 17.5. The van der Waals surface area contributed by atoms with Crippen LogP contribution >= 0.6 is 11.6 Å². The maximum Gasteiger partial charge on any atom is 0.254 e. The summed E-state index contributed by atoms with van der Waals surface area (Å²) in [7, 11) is 3.43. The summed E-state index contributed by atoms with van der Waals surface area (Å²) in [6.45, 7) is 2.36. The van der Waals surface area contributed by atoms with E-state index in [2.05, 4.69) is 30.3 Å². The first-order valence-electron chi connectivity index (χ1n) is 9.87. The molecular formula is C23H28ClNO3. The normalized spacial score (nSPS) is 19.1. The molecule has 1 amide bonds. The van der Waals surface area contributed by atoms with Gasteiger partial charge in [0, 0.05) is 18.7 Å². The van der Waals surface area contributed by atoms with Gasteiger partial charge >= 0.3 is 0 Å². The molecule has 0 saturated heterocycles. The Hall–Kier alpha value is -2.20. The molecule has 150 valence electrons. The van der Waals surface area contributed by atoms with Crippen LogP contribution in [0.1, 0.15) is 54.4 Å². The van der Waals surface area contributed by atoms with Gasteiger partial charge in [0.25, 0.3) is 5.91 Å².